The summed E-state index contributed by atoms with van der Waals surface area (Å²) < 4.78 is 0. The van der Waals surface area contributed by atoms with Gasteiger partial charge in [0, 0.05) is 34.4 Å². The van der Waals surface area contributed by atoms with Gasteiger partial charge < -0.3 is 10.2 Å². The van der Waals surface area contributed by atoms with E-state index in [2.05, 4.69) is 24.1 Å². The second kappa shape index (κ2) is 6.83. The summed E-state index contributed by atoms with van der Waals surface area (Å²) in [5.41, 5.74) is 1.14. The minimum absolute atomic E-state index is 0.512. The lowest BCUT2D eigenvalue weighted by Crippen LogP contribution is -2.47. The van der Waals surface area contributed by atoms with E-state index in [1.807, 2.05) is 12.1 Å². The van der Waals surface area contributed by atoms with Crippen molar-refractivity contribution in [3.63, 3.8) is 0 Å². The molecule has 0 aromatic heterocycles. The lowest BCUT2D eigenvalue weighted by molar-refractivity contribution is 0.369. The third-order valence-electron chi connectivity index (χ3n) is 3.74. The van der Waals surface area contributed by atoms with Crippen LogP contribution in [0.15, 0.2) is 18.2 Å². The SMILES string of the molecule is CCCNC1CCN(c2cc(Cl)cc(Cl)c2)C(C)C1. The summed E-state index contributed by atoms with van der Waals surface area (Å²) in [7, 11) is 0. The normalized spacial score (nSPS) is 23.7. The second-order valence-corrected chi connectivity index (χ2v) is 6.22. The zero-order valence-electron chi connectivity index (χ0n) is 11.6. The van der Waals surface area contributed by atoms with Gasteiger partial charge in [-0.1, -0.05) is 30.1 Å². The molecule has 2 rings (SSSR count). The highest BCUT2D eigenvalue weighted by atomic mass is 35.5. The Labute approximate surface area is 126 Å². The van der Waals surface area contributed by atoms with Crippen LogP contribution in [0.3, 0.4) is 0 Å². The summed E-state index contributed by atoms with van der Waals surface area (Å²) in [6, 6.07) is 6.94. The molecular weight excluding hydrogens is 279 g/mol. The number of nitrogens with one attached hydrogen (secondary N) is 1. The molecule has 0 radical (unpaired) electrons. The van der Waals surface area contributed by atoms with E-state index < -0.39 is 0 Å². The van der Waals surface area contributed by atoms with Crippen LogP contribution in [-0.4, -0.2) is 25.2 Å². The van der Waals surface area contributed by atoms with Gasteiger partial charge in [0.05, 0.1) is 0 Å². The molecule has 0 amide bonds. The largest absolute Gasteiger partial charge is 0.369 e. The first-order chi connectivity index (χ1) is 9.10. The van der Waals surface area contributed by atoms with E-state index in [4.69, 9.17) is 23.2 Å². The van der Waals surface area contributed by atoms with E-state index in [9.17, 15) is 0 Å². The van der Waals surface area contributed by atoms with Crippen LogP contribution in [0.25, 0.3) is 0 Å². The number of halogens is 2. The first-order valence-corrected chi connectivity index (χ1v) is 7.82. The minimum atomic E-state index is 0.512. The fourth-order valence-corrected chi connectivity index (χ4v) is 3.31. The molecular formula is C15H22Cl2N2. The van der Waals surface area contributed by atoms with E-state index in [-0.39, 0.29) is 0 Å². The van der Waals surface area contributed by atoms with Crippen LogP contribution < -0.4 is 10.2 Å². The van der Waals surface area contributed by atoms with Gasteiger partial charge in [0.2, 0.25) is 0 Å². The molecule has 0 bridgehead atoms. The molecule has 4 heteroatoms. The number of piperidine rings is 1. The predicted molar refractivity (Wildman–Crippen MR) is 84.6 cm³/mol. The Hall–Kier alpha value is -0.440. The molecule has 1 aromatic carbocycles. The molecule has 0 saturated carbocycles. The first-order valence-electron chi connectivity index (χ1n) is 7.06. The van der Waals surface area contributed by atoms with Crippen LogP contribution >= 0.6 is 23.2 Å². The van der Waals surface area contributed by atoms with E-state index in [1.165, 1.54) is 19.3 Å². The quantitative estimate of drug-likeness (QED) is 0.889. The highest BCUT2D eigenvalue weighted by Gasteiger charge is 2.25. The Kier molecular flexibility index (Phi) is 5.37. The smallest absolute Gasteiger partial charge is 0.0441 e. The Morgan fingerprint density at radius 2 is 1.95 bits per heavy atom. The van der Waals surface area contributed by atoms with Crippen molar-refractivity contribution in [2.45, 2.75) is 45.2 Å². The monoisotopic (exact) mass is 300 g/mol. The third kappa shape index (κ3) is 4.01. The maximum atomic E-state index is 6.09. The molecule has 1 N–H and O–H groups in total. The van der Waals surface area contributed by atoms with E-state index in [0.717, 1.165) is 18.8 Å². The highest BCUT2D eigenvalue weighted by Crippen LogP contribution is 2.30. The van der Waals surface area contributed by atoms with Gasteiger partial charge in [-0.2, -0.15) is 0 Å². The summed E-state index contributed by atoms with van der Waals surface area (Å²) in [5.74, 6) is 0. The molecule has 1 aliphatic heterocycles. The van der Waals surface area contributed by atoms with E-state index in [0.29, 0.717) is 22.1 Å². The molecule has 19 heavy (non-hydrogen) atoms. The van der Waals surface area contributed by atoms with Crippen molar-refractivity contribution in [2.75, 3.05) is 18.0 Å². The summed E-state index contributed by atoms with van der Waals surface area (Å²) in [5, 5.41) is 5.04. The summed E-state index contributed by atoms with van der Waals surface area (Å²) in [4.78, 5) is 2.40. The number of nitrogens with zero attached hydrogens (tertiary/aromatic N) is 1. The predicted octanol–water partition coefficient (Wildman–Crippen LogP) is 4.35. The van der Waals surface area contributed by atoms with Crippen LogP contribution in [0.4, 0.5) is 5.69 Å². The summed E-state index contributed by atoms with van der Waals surface area (Å²) >= 11 is 12.2. The van der Waals surface area contributed by atoms with Gasteiger partial charge in [-0.3, -0.25) is 0 Å². The molecule has 1 aliphatic rings. The standard InChI is InChI=1S/C15H22Cl2N2/c1-3-5-18-14-4-6-19(11(2)7-14)15-9-12(16)8-13(17)10-15/h8-11,14,18H,3-7H2,1-2H3. The van der Waals surface area contributed by atoms with Gasteiger partial charge in [0.25, 0.3) is 0 Å². The molecule has 2 atom stereocenters. The van der Waals surface area contributed by atoms with Crippen molar-refractivity contribution in [3.8, 4) is 0 Å². The van der Waals surface area contributed by atoms with Crippen molar-refractivity contribution in [3.05, 3.63) is 28.2 Å². The van der Waals surface area contributed by atoms with Gasteiger partial charge in [-0.05, 0) is 50.9 Å². The van der Waals surface area contributed by atoms with Gasteiger partial charge in [-0.25, -0.2) is 0 Å². The lowest BCUT2D eigenvalue weighted by Gasteiger charge is -2.39. The molecule has 1 heterocycles. The van der Waals surface area contributed by atoms with Crippen LogP contribution in [0.1, 0.15) is 33.1 Å². The zero-order chi connectivity index (χ0) is 13.8. The van der Waals surface area contributed by atoms with Crippen LogP contribution in [-0.2, 0) is 0 Å². The maximum Gasteiger partial charge on any atom is 0.0441 e. The van der Waals surface area contributed by atoms with Gasteiger partial charge >= 0.3 is 0 Å². The molecule has 1 saturated heterocycles. The summed E-state index contributed by atoms with van der Waals surface area (Å²) in [6.07, 6.45) is 3.54. The Bertz CT molecular complexity index is 402. The molecule has 2 unspecified atom stereocenters. The maximum absolute atomic E-state index is 6.09. The number of anilines is 1. The number of rotatable bonds is 4. The number of benzene rings is 1. The van der Waals surface area contributed by atoms with Crippen LogP contribution in [0.5, 0.6) is 0 Å². The molecule has 0 spiro atoms. The Morgan fingerprint density at radius 3 is 2.53 bits per heavy atom. The number of hydrogen-bond acceptors (Lipinski definition) is 2. The van der Waals surface area contributed by atoms with Crippen molar-refractivity contribution in [1.82, 2.24) is 5.32 Å². The fourth-order valence-electron chi connectivity index (χ4n) is 2.79. The van der Waals surface area contributed by atoms with Crippen molar-refractivity contribution >= 4 is 28.9 Å². The molecule has 0 aliphatic carbocycles. The average molecular weight is 301 g/mol. The Morgan fingerprint density at radius 1 is 1.26 bits per heavy atom. The molecule has 1 aromatic rings. The zero-order valence-corrected chi connectivity index (χ0v) is 13.1. The fraction of sp³-hybridized carbons (Fsp3) is 0.600. The van der Waals surface area contributed by atoms with Crippen molar-refractivity contribution < 1.29 is 0 Å². The molecule has 2 nitrogen and oxygen atoms in total. The van der Waals surface area contributed by atoms with Gasteiger partial charge in [-0.15, -0.1) is 0 Å². The van der Waals surface area contributed by atoms with E-state index >= 15 is 0 Å². The second-order valence-electron chi connectivity index (χ2n) is 5.35. The third-order valence-corrected chi connectivity index (χ3v) is 4.17. The average Bonchev–Trinajstić information content (AvgIpc) is 2.35. The van der Waals surface area contributed by atoms with E-state index in [1.54, 1.807) is 6.07 Å². The van der Waals surface area contributed by atoms with Crippen molar-refractivity contribution in [1.29, 1.82) is 0 Å². The number of hydrogen-bond donors (Lipinski definition) is 1. The van der Waals surface area contributed by atoms with Gasteiger partial charge in [0.15, 0.2) is 0 Å². The molecule has 1 fully saturated rings. The Balaban J connectivity index is 2.02. The minimum Gasteiger partial charge on any atom is -0.369 e. The first kappa shape index (κ1) is 15.0. The van der Waals surface area contributed by atoms with Crippen LogP contribution in [0, 0.1) is 0 Å². The topological polar surface area (TPSA) is 15.3 Å². The highest BCUT2D eigenvalue weighted by molar-refractivity contribution is 6.35. The van der Waals surface area contributed by atoms with Crippen molar-refractivity contribution in [2.24, 2.45) is 0 Å². The van der Waals surface area contributed by atoms with Gasteiger partial charge in [0.1, 0.15) is 0 Å². The molecule has 106 valence electrons. The summed E-state index contributed by atoms with van der Waals surface area (Å²) in [6.45, 7) is 6.65. The lowest BCUT2D eigenvalue weighted by atomic mass is 9.97. The van der Waals surface area contributed by atoms with Crippen LogP contribution in [0.2, 0.25) is 10.0 Å².